The minimum Gasteiger partial charge on any atom is -0.507 e. The summed E-state index contributed by atoms with van der Waals surface area (Å²) in [7, 11) is 0. The van der Waals surface area contributed by atoms with Gasteiger partial charge in [0, 0.05) is 37.9 Å². The Morgan fingerprint density at radius 1 is 1.23 bits per heavy atom. The van der Waals surface area contributed by atoms with E-state index in [1.165, 1.54) is 22.8 Å². The highest BCUT2D eigenvalue weighted by molar-refractivity contribution is 6.39. The molecule has 6 rings (SSSR count). The Balaban J connectivity index is 1.76. The molecule has 2 N–H and O–H groups in total. The summed E-state index contributed by atoms with van der Waals surface area (Å²) in [4.78, 5) is 39.1. The lowest BCUT2D eigenvalue weighted by Gasteiger charge is -2.41. The molecule has 2 aromatic heterocycles. The van der Waals surface area contributed by atoms with Gasteiger partial charge in [0.15, 0.2) is 5.82 Å². The predicted molar refractivity (Wildman–Crippen MR) is 162 cm³/mol. The summed E-state index contributed by atoms with van der Waals surface area (Å²) in [5.41, 5.74) is 0.269. The molecule has 0 spiro atoms. The second-order valence-corrected chi connectivity index (χ2v) is 11.4. The first-order valence-electron chi connectivity index (χ1n) is 13.9. The maximum Gasteiger partial charge on any atom is 0.354 e. The fourth-order valence-corrected chi connectivity index (χ4v) is 6.46. The van der Waals surface area contributed by atoms with Gasteiger partial charge in [-0.25, -0.2) is 13.6 Å². The molecule has 9 nitrogen and oxygen atoms in total. The van der Waals surface area contributed by atoms with Crippen LogP contribution < -0.4 is 15.9 Å². The number of benzene rings is 2. The van der Waals surface area contributed by atoms with Crippen LogP contribution in [0.15, 0.2) is 47.9 Å². The van der Waals surface area contributed by atoms with E-state index in [-0.39, 0.29) is 58.4 Å². The maximum absolute atomic E-state index is 16.7. The number of aromatic nitrogens is 3. The van der Waals surface area contributed by atoms with Crippen molar-refractivity contribution in [3.05, 3.63) is 81.5 Å². The van der Waals surface area contributed by atoms with Crippen molar-refractivity contribution < 1.29 is 18.7 Å². The zero-order chi connectivity index (χ0) is 30.7. The van der Waals surface area contributed by atoms with Crippen LogP contribution in [0.4, 0.5) is 20.3 Å². The van der Waals surface area contributed by atoms with Crippen molar-refractivity contribution in [3.8, 4) is 22.6 Å². The number of phenols is 1. The number of pyridine rings is 1. The number of hydrogen-bond donors (Lipinski definition) is 2. The summed E-state index contributed by atoms with van der Waals surface area (Å²) in [5, 5.41) is 13.8. The van der Waals surface area contributed by atoms with Crippen molar-refractivity contribution in [2.75, 3.05) is 36.4 Å². The molecule has 1 fully saturated rings. The molecular formula is C31H29ClF2N6O3. The van der Waals surface area contributed by atoms with Gasteiger partial charge in [-0.2, -0.15) is 4.98 Å². The van der Waals surface area contributed by atoms with Crippen LogP contribution in [-0.4, -0.2) is 62.7 Å². The van der Waals surface area contributed by atoms with Crippen LogP contribution in [0.25, 0.3) is 27.7 Å². The lowest BCUT2D eigenvalue weighted by Crippen LogP contribution is -2.57. The van der Waals surface area contributed by atoms with E-state index in [0.717, 1.165) is 6.07 Å². The van der Waals surface area contributed by atoms with Gasteiger partial charge in [-0.3, -0.25) is 14.3 Å². The average molecular weight is 607 g/mol. The molecule has 2 aromatic carbocycles. The molecule has 2 aliphatic heterocycles. The largest absolute Gasteiger partial charge is 0.507 e. The number of nitrogens with one attached hydrogen (secondary N) is 1. The van der Waals surface area contributed by atoms with Crippen molar-refractivity contribution in [3.63, 3.8) is 0 Å². The van der Waals surface area contributed by atoms with Gasteiger partial charge in [-0.15, -0.1) is 0 Å². The average Bonchev–Trinajstić information content (AvgIpc) is 3.13. The molecule has 12 heteroatoms. The molecule has 0 bridgehead atoms. The number of carbonyl (C=O) groups is 1. The van der Waals surface area contributed by atoms with E-state index in [0.29, 0.717) is 30.0 Å². The summed E-state index contributed by atoms with van der Waals surface area (Å²) in [5.74, 6) is -2.46. The molecule has 0 radical (unpaired) electrons. The minimum atomic E-state index is -0.906. The summed E-state index contributed by atoms with van der Waals surface area (Å²) < 4.78 is 33.3. The third-order valence-corrected chi connectivity index (χ3v) is 8.48. The quantitative estimate of drug-likeness (QED) is 0.310. The molecule has 222 valence electrons. The number of aryl methyl sites for hydroxylation is 1. The van der Waals surface area contributed by atoms with Crippen LogP contribution in [0.1, 0.15) is 31.0 Å². The number of piperazine rings is 1. The second-order valence-electron chi connectivity index (χ2n) is 11.0. The van der Waals surface area contributed by atoms with E-state index >= 15 is 8.78 Å². The Hall–Kier alpha value is -4.51. The van der Waals surface area contributed by atoms with Crippen LogP contribution >= 0.6 is 11.6 Å². The number of halogens is 3. The van der Waals surface area contributed by atoms with E-state index in [9.17, 15) is 14.7 Å². The number of aromatic hydroxyl groups is 1. The third kappa shape index (κ3) is 4.41. The number of rotatable bonds is 4. The van der Waals surface area contributed by atoms with Gasteiger partial charge >= 0.3 is 5.69 Å². The topological polar surface area (TPSA) is 104 Å². The second kappa shape index (κ2) is 10.6. The molecule has 0 saturated carbocycles. The standard InChI is InChI=1S/C31H29ClF2N6O3/c1-5-20(42)38-11-12-39-17(14-38)13-36-27-23-29(24(32)22(25(27)34)21-18(33)7-6-8-19(21)41)40(31(43)37-30(23)39)28-16(4)9-10-35-26(28)15(2)3/h5-10,15,17,36,41H,1,11-14H2,2-4H3. The molecule has 1 saturated heterocycles. The lowest BCUT2D eigenvalue weighted by molar-refractivity contribution is -0.126. The van der Waals surface area contributed by atoms with Gasteiger partial charge in [-0.05, 0) is 42.7 Å². The smallest absolute Gasteiger partial charge is 0.354 e. The number of nitrogens with zero attached hydrogens (tertiary/aromatic N) is 5. The number of fused-ring (bicyclic) bond motifs is 2. The number of anilines is 2. The Morgan fingerprint density at radius 3 is 2.70 bits per heavy atom. The molecule has 0 aliphatic carbocycles. The molecule has 1 unspecified atom stereocenters. The highest BCUT2D eigenvalue weighted by Crippen LogP contribution is 2.49. The first-order valence-corrected chi connectivity index (χ1v) is 14.3. The number of hydrogen-bond acceptors (Lipinski definition) is 7. The van der Waals surface area contributed by atoms with Crippen LogP contribution in [0.3, 0.4) is 0 Å². The highest BCUT2D eigenvalue weighted by atomic mass is 35.5. The number of phenolic OH excluding ortho intramolecular Hbond substituents is 1. The Kier molecular flexibility index (Phi) is 7.08. The van der Waals surface area contributed by atoms with Gasteiger partial charge in [0.1, 0.15) is 17.4 Å². The molecule has 1 amide bonds. The molecule has 43 heavy (non-hydrogen) atoms. The van der Waals surface area contributed by atoms with Gasteiger partial charge in [0.05, 0.1) is 44.6 Å². The molecule has 4 aromatic rings. The van der Waals surface area contributed by atoms with Crippen LogP contribution in [0, 0.1) is 18.6 Å². The zero-order valence-electron chi connectivity index (χ0n) is 23.8. The van der Waals surface area contributed by atoms with E-state index in [1.807, 2.05) is 25.7 Å². The molecule has 2 aliphatic rings. The monoisotopic (exact) mass is 606 g/mol. The Labute approximate surface area is 251 Å². The van der Waals surface area contributed by atoms with E-state index in [1.54, 1.807) is 17.2 Å². The fourth-order valence-electron chi connectivity index (χ4n) is 6.10. The molecule has 1 atom stereocenters. The first kappa shape index (κ1) is 28.6. The normalized spacial score (nSPS) is 16.2. The predicted octanol–water partition coefficient (Wildman–Crippen LogP) is 5.15. The van der Waals surface area contributed by atoms with E-state index in [4.69, 9.17) is 11.6 Å². The summed E-state index contributed by atoms with van der Waals surface area (Å²) >= 11 is 7.04. The first-order chi connectivity index (χ1) is 20.5. The zero-order valence-corrected chi connectivity index (χ0v) is 24.5. The van der Waals surface area contributed by atoms with Gasteiger partial charge in [0.2, 0.25) is 5.91 Å². The lowest BCUT2D eigenvalue weighted by atomic mass is 9.98. The Morgan fingerprint density at radius 2 is 2.00 bits per heavy atom. The number of carbonyl (C=O) groups excluding carboxylic acids is 1. The maximum atomic E-state index is 16.7. The van der Waals surface area contributed by atoms with Crippen molar-refractivity contribution in [1.29, 1.82) is 0 Å². The third-order valence-electron chi connectivity index (χ3n) is 8.12. The van der Waals surface area contributed by atoms with E-state index in [2.05, 4.69) is 21.9 Å². The summed E-state index contributed by atoms with van der Waals surface area (Å²) in [6.45, 7) is 10.3. The van der Waals surface area contributed by atoms with Crippen molar-refractivity contribution in [2.24, 2.45) is 0 Å². The summed E-state index contributed by atoms with van der Waals surface area (Å²) in [6, 6.07) is 5.00. The van der Waals surface area contributed by atoms with Crippen LogP contribution in [0.5, 0.6) is 5.75 Å². The van der Waals surface area contributed by atoms with Crippen molar-refractivity contribution in [1.82, 2.24) is 19.4 Å². The minimum absolute atomic E-state index is 0.0445. The van der Waals surface area contributed by atoms with E-state index < -0.39 is 34.2 Å². The summed E-state index contributed by atoms with van der Waals surface area (Å²) in [6.07, 6.45) is 2.88. The van der Waals surface area contributed by atoms with Crippen LogP contribution in [0.2, 0.25) is 5.02 Å². The fraction of sp³-hybridized carbons (Fsp3) is 0.290. The SMILES string of the molecule is C=CC(=O)N1CCN2c3nc(=O)n(-c4c(C)ccnc4C(C)C)c4c(Cl)c(-c5c(O)cccc5F)c(F)c(c34)NCC2C1. The Bertz CT molecular complexity index is 1870. The van der Waals surface area contributed by atoms with Crippen molar-refractivity contribution >= 4 is 39.9 Å². The van der Waals surface area contributed by atoms with Gasteiger partial charge in [0.25, 0.3) is 0 Å². The highest BCUT2D eigenvalue weighted by Gasteiger charge is 2.38. The molecule has 4 heterocycles. The van der Waals surface area contributed by atoms with Crippen LogP contribution in [-0.2, 0) is 4.79 Å². The van der Waals surface area contributed by atoms with Crippen molar-refractivity contribution in [2.45, 2.75) is 32.7 Å². The van der Waals surface area contributed by atoms with Gasteiger partial charge in [-0.1, -0.05) is 38.1 Å². The molecular weight excluding hydrogens is 578 g/mol. The van der Waals surface area contributed by atoms with Gasteiger partial charge < -0.3 is 20.2 Å². The number of amides is 1.